The van der Waals surface area contributed by atoms with E-state index in [4.69, 9.17) is 0 Å². The topological polar surface area (TPSA) is 55.4 Å². The quantitative estimate of drug-likeness (QED) is 0.425. The molecule has 0 radical (unpaired) electrons. The van der Waals surface area contributed by atoms with Crippen molar-refractivity contribution in [2.75, 3.05) is 13.7 Å². The number of hydrogen-bond acceptors (Lipinski definition) is 3. The lowest BCUT2D eigenvalue weighted by atomic mass is 9.68. The van der Waals surface area contributed by atoms with E-state index in [1.165, 1.54) is 7.11 Å². The minimum absolute atomic E-state index is 0.158. The van der Waals surface area contributed by atoms with Crippen LogP contribution in [0.25, 0.3) is 0 Å². The van der Waals surface area contributed by atoms with Crippen molar-refractivity contribution in [1.29, 1.82) is 0 Å². The summed E-state index contributed by atoms with van der Waals surface area (Å²) in [6.07, 6.45) is 4.15. The van der Waals surface area contributed by atoms with Gasteiger partial charge in [0.2, 0.25) is 5.91 Å². The van der Waals surface area contributed by atoms with Crippen LogP contribution in [0.5, 0.6) is 0 Å². The molecule has 1 saturated carbocycles. The SMILES string of the molecule is CCCCNC(=O)C1(C(=O)OC)CCC1. The number of hydrogen-bond donors (Lipinski definition) is 1. The van der Waals surface area contributed by atoms with Gasteiger partial charge >= 0.3 is 5.97 Å². The Hall–Kier alpha value is -1.06. The monoisotopic (exact) mass is 213 g/mol. The highest BCUT2D eigenvalue weighted by Gasteiger charge is 2.51. The molecule has 4 nitrogen and oxygen atoms in total. The molecule has 0 atom stereocenters. The maximum absolute atomic E-state index is 11.8. The molecule has 1 aliphatic rings. The summed E-state index contributed by atoms with van der Waals surface area (Å²) in [5.74, 6) is -0.545. The highest BCUT2D eigenvalue weighted by molar-refractivity contribution is 6.03. The number of methoxy groups -OCH3 is 1. The summed E-state index contributed by atoms with van der Waals surface area (Å²) in [7, 11) is 1.34. The highest BCUT2D eigenvalue weighted by Crippen LogP contribution is 2.42. The van der Waals surface area contributed by atoms with Crippen molar-refractivity contribution in [3.8, 4) is 0 Å². The van der Waals surface area contributed by atoms with Gasteiger partial charge in [0.25, 0.3) is 0 Å². The molecule has 0 aromatic rings. The van der Waals surface area contributed by atoms with E-state index >= 15 is 0 Å². The lowest BCUT2D eigenvalue weighted by Gasteiger charge is -2.36. The molecule has 15 heavy (non-hydrogen) atoms. The Balaban J connectivity index is 2.50. The number of esters is 1. The molecule has 1 N–H and O–H groups in total. The Kier molecular flexibility index (Phi) is 4.12. The Morgan fingerprint density at radius 1 is 1.40 bits per heavy atom. The second-order valence-corrected chi connectivity index (χ2v) is 4.04. The van der Waals surface area contributed by atoms with E-state index in [0.29, 0.717) is 19.4 Å². The third kappa shape index (κ3) is 2.30. The van der Waals surface area contributed by atoms with Gasteiger partial charge in [-0.2, -0.15) is 0 Å². The van der Waals surface area contributed by atoms with Crippen molar-refractivity contribution in [2.45, 2.75) is 39.0 Å². The van der Waals surface area contributed by atoms with Crippen molar-refractivity contribution >= 4 is 11.9 Å². The van der Waals surface area contributed by atoms with Crippen molar-refractivity contribution in [2.24, 2.45) is 5.41 Å². The molecular weight excluding hydrogens is 194 g/mol. The molecule has 0 unspecified atom stereocenters. The maximum Gasteiger partial charge on any atom is 0.321 e. The van der Waals surface area contributed by atoms with Crippen LogP contribution in [0.1, 0.15) is 39.0 Å². The number of unbranched alkanes of at least 4 members (excludes halogenated alkanes) is 1. The van der Waals surface area contributed by atoms with Crippen molar-refractivity contribution in [1.82, 2.24) is 5.32 Å². The lowest BCUT2D eigenvalue weighted by Crippen LogP contribution is -2.51. The predicted octanol–water partition coefficient (Wildman–Crippen LogP) is 1.25. The number of rotatable bonds is 5. The zero-order valence-electron chi connectivity index (χ0n) is 9.47. The summed E-state index contributed by atoms with van der Waals surface area (Å²) < 4.78 is 4.69. The summed E-state index contributed by atoms with van der Waals surface area (Å²) >= 11 is 0. The Labute approximate surface area is 90.4 Å². The molecule has 0 aliphatic heterocycles. The normalized spacial score (nSPS) is 17.7. The van der Waals surface area contributed by atoms with Gasteiger partial charge in [-0.1, -0.05) is 19.8 Å². The summed E-state index contributed by atoms with van der Waals surface area (Å²) in [6, 6.07) is 0. The zero-order valence-corrected chi connectivity index (χ0v) is 9.47. The van der Waals surface area contributed by atoms with Crippen LogP contribution in [-0.4, -0.2) is 25.5 Å². The molecule has 4 heteroatoms. The molecule has 0 heterocycles. The van der Waals surface area contributed by atoms with Crippen LogP contribution in [0.2, 0.25) is 0 Å². The van der Waals surface area contributed by atoms with E-state index in [1.807, 2.05) is 0 Å². The molecule has 0 saturated heterocycles. The van der Waals surface area contributed by atoms with Crippen LogP contribution in [0.3, 0.4) is 0 Å². The summed E-state index contributed by atoms with van der Waals surface area (Å²) in [4.78, 5) is 23.3. The minimum Gasteiger partial charge on any atom is -0.468 e. The van der Waals surface area contributed by atoms with Crippen molar-refractivity contribution in [3.05, 3.63) is 0 Å². The van der Waals surface area contributed by atoms with E-state index in [9.17, 15) is 9.59 Å². The van der Waals surface area contributed by atoms with Gasteiger partial charge in [0.05, 0.1) is 7.11 Å². The van der Waals surface area contributed by atoms with Crippen molar-refractivity contribution < 1.29 is 14.3 Å². The lowest BCUT2D eigenvalue weighted by molar-refractivity contribution is -0.165. The largest absolute Gasteiger partial charge is 0.468 e. The molecule has 0 aromatic heterocycles. The molecule has 0 spiro atoms. The third-order valence-corrected chi connectivity index (χ3v) is 3.03. The molecule has 1 aliphatic carbocycles. The van der Waals surface area contributed by atoms with Crippen LogP contribution in [0.4, 0.5) is 0 Å². The Morgan fingerprint density at radius 2 is 2.07 bits per heavy atom. The molecule has 0 aromatic carbocycles. The van der Waals surface area contributed by atoms with E-state index in [-0.39, 0.29) is 11.9 Å². The first-order chi connectivity index (χ1) is 7.17. The molecule has 1 rings (SSSR count). The number of carbonyl (C=O) groups excluding carboxylic acids is 2. The van der Waals surface area contributed by atoms with E-state index in [0.717, 1.165) is 19.3 Å². The zero-order chi connectivity index (χ0) is 11.3. The van der Waals surface area contributed by atoms with Crippen LogP contribution in [0, 0.1) is 5.41 Å². The number of nitrogens with one attached hydrogen (secondary N) is 1. The van der Waals surface area contributed by atoms with Crippen LogP contribution < -0.4 is 5.32 Å². The molecular formula is C11H19NO3. The minimum atomic E-state index is -0.873. The maximum atomic E-state index is 11.8. The second-order valence-electron chi connectivity index (χ2n) is 4.04. The van der Waals surface area contributed by atoms with Gasteiger partial charge in [0, 0.05) is 6.54 Å². The highest BCUT2D eigenvalue weighted by atomic mass is 16.5. The average Bonchev–Trinajstić information content (AvgIpc) is 2.16. The summed E-state index contributed by atoms with van der Waals surface area (Å²) in [5, 5.41) is 2.80. The average molecular weight is 213 g/mol. The first-order valence-corrected chi connectivity index (χ1v) is 5.54. The summed E-state index contributed by atoms with van der Waals surface area (Å²) in [6.45, 7) is 2.71. The molecule has 1 amide bonds. The summed E-state index contributed by atoms with van der Waals surface area (Å²) in [5.41, 5.74) is -0.873. The Morgan fingerprint density at radius 3 is 2.47 bits per heavy atom. The predicted molar refractivity (Wildman–Crippen MR) is 56.2 cm³/mol. The smallest absolute Gasteiger partial charge is 0.321 e. The van der Waals surface area contributed by atoms with E-state index in [1.54, 1.807) is 0 Å². The first-order valence-electron chi connectivity index (χ1n) is 5.54. The van der Waals surface area contributed by atoms with Gasteiger partial charge in [-0.05, 0) is 19.3 Å². The van der Waals surface area contributed by atoms with Gasteiger partial charge in [-0.3, -0.25) is 9.59 Å². The third-order valence-electron chi connectivity index (χ3n) is 3.03. The van der Waals surface area contributed by atoms with E-state index in [2.05, 4.69) is 17.0 Å². The second kappa shape index (κ2) is 5.14. The molecule has 1 fully saturated rings. The van der Waals surface area contributed by atoms with Crippen LogP contribution in [-0.2, 0) is 14.3 Å². The van der Waals surface area contributed by atoms with Gasteiger partial charge in [-0.15, -0.1) is 0 Å². The van der Waals surface area contributed by atoms with E-state index < -0.39 is 5.41 Å². The Bertz CT molecular complexity index is 246. The standard InChI is InChI=1S/C11H19NO3/c1-3-4-8-12-9(13)11(6-5-7-11)10(14)15-2/h3-8H2,1-2H3,(H,12,13). The van der Waals surface area contributed by atoms with Crippen LogP contribution >= 0.6 is 0 Å². The van der Waals surface area contributed by atoms with Gasteiger partial charge in [-0.25, -0.2) is 0 Å². The van der Waals surface area contributed by atoms with Gasteiger partial charge in [0.15, 0.2) is 0 Å². The fourth-order valence-corrected chi connectivity index (χ4v) is 1.80. The van der Waals surface area contributed by atoms with Gasteiger partial charge in [0.1, 0.15) is 5.41 Å². The molecule has 86 valence electrons. The fourth-order valence-electron chi connectivity index (χ4n) is 1.80. The fraction of sp³-hybridized carbons (Fsp3) is 0.818. The van der Waals surface area contributed by atoms with Crippen molar-refractivity contribution in [3.63, 3.8) is 0 Å². The number of ether oxygens (including phenoxy) is 1. The number of carbonyl (C=O) groups is 2. The van der Waals surface area contributed by atoms with Crippen LogP contribution in [0.15, 0.2) is 0 Å². The van der Waals surface area contributed by atoms with Gasteiger partial charge < -0.3 is 10.1 Å². The number of amides is 1. The first kappa shape index (κ1) is 12.0. The molecule has 0 bridgehead atoms.